The third-order valence-corrected chi connectivity index (χ3v) is 2.80. The van der Waals surface area contributed by atoms with Gasteiger partial charge in [-0.1, -0.05) is 0 Å². The molecule has 0 saturated heterocycles. The third-order valence-electron chi connectivity index (χ3n) is 1.46. The van der Waals surface area contributed by atoms with Gasteiger partial charge >= 0.3 is 0 Å². The van der Waals surface area contributed by atoms with E-state index in [0.717, 1.165) is 0 Å². The fourth-order valence-electron chi connectivity index (χ4n) is 0.748. The van der Waals surface area contributed by atoms with Crippen LogP contribution in [0.5, 0.6) is 0 Å². The summed E-state index contributed by atoms with van der Waals surface area (Å²) in [5, 5.41) is 3.88. The van der Waals surface area contributed by atoms with Gasteiger partial charge in [-0.25, -0.2) is 13.1 Å². The predicted molar refractivity (Wildman–Crippen MR) is 45.1 cm³/mol. The van der Waals surface area contributed by atoms with Crippen LogP contribution in [0.2, 0.25) is 0 Å². The van der Waals surface area contributed by atoms with Gasteiger partial charge in [0.2, 0.25) is 10.0 Å². The number of hydrogen-bond donors (Lipinski definition) is 1. The van der Waals surface area contributed by atoms with Crippen molar-refractivity contribution < 1.29 is 8.42 Å². The molecule has 0 radical (unpaired) electrons. The van der Waals surface area contributed by atoms with Crippen LogP contribution in [0.1, 0.15) is 0 Å². The number of aryl methyl sites for hydroxylation is 1. The lowest BCUT2D eigenvalue weighted by molar-refractivity contribution is 0.573. The van der Waals surface area contributed by atoms with Gasteiger partial charge in [-0.15, -0.1) is 0 Å². The van der Waals surface area contributed by atoms with Crippen molar-refractivity contribution in [1.82, 2.24) is 14.5 Å². The lowest BCUT2D eigenvalue weighted by Gasteiger charge is -2.01. The molecule has 6 heteroatoms. The summed E-state index contributed by atoms with van der Waals surface area (Å²) in [6.07, 6.45) is 3.34. The van der Waals surface area contributed by atoms with Gasteiger partial charge in [0.15, 0.2) is 0 Å². The lowest BCUT2D eigenvalue weighted by Crippen LogP contribution is -2.24. The fraction of sp³-hybridized carbons (Fsp3) is 0.500. The zero-order chi connectivity index (χ0) is 9.03. The highest BCUT2D eigenvalue weighted by molar-refractivity contribution is 7.89. The van der Waals surface area contributed by atoms with E-state index in [2.05, 4.69) is 9.82 Å². The van der Waals surface area contributed by atoms with Crippen LogP contribution in [0.4, 0.5) is 0 Å². The van der Waals surface area contributed by atoms with Gasteiger partial charge in [-0.2, -0.15) is 5.10 Å². The van der Waals surface area contributed by atoms with Crippen LogP contribution in [0.25, 0.3) is 0 Å². The molecule has 68 valence electrons. The molecule has 0 aromatic carbocycles. The van der Waals surface area contributed by atoms with Crippen LogP contribution >= 0.6 is 0 Å². The normalized spacial score (nSPS) is 11.8. The highest BCUT2D eigenvalue weighted by atomic mass is 32.2. The minimum absolute atomic E-state index is 0.0607. The molecular formula is C6H11N3O2S. The maximum atomic E-state index is 10.9. The highest BCUT2D eigenvalue weighted by Gasteiger charge is 2.05. The number of sulfonamides is 1. The third kappa shape index (κ3) is 2.63. The first-order valence-corrected chi connectivity index (χ1v) is 5.18. The summed E-state index contributed by atoms with van der Waals surface area (Å²) in [5.41, 5.74) is 0. The largest absolute Gasteiger partial charge is 0.272 e. The molecule has 0 unspecified atom stereocenters. The number of nitrogens with one attached hydrogen (secondary N) is 1. The van der Waals surface area contributed by atoms with Gasteiger partial charge in [-0.3, -0.25) is 4.68 Å². The second-order valence-corrected chi connectivity index (χ2v) is 4.34. The maximum Gasteiger partial charge on any atom is 0.213 e. The average Bonchev–Trinajstić information content (AvgIpc) is 2.53. The van der Waals surface area contributed by atoms with Crippen molar-refractivity contribution in [3.63, 3.8) is 0 Å². The zero-order valence-corrected chi connectivity index (χ0v) is 7.58. The Morgan fingerprint density at radius 1 is 1.58 bits per heavy atom. The van der Waals surface area contributed by atoms with E-state index in [4.69, 9.17) is 0 Å². The molecule has 1 N–H and O–H groups in total. The summed E-state index contributed by atoms with van der Waals surface area (Å²) in [4.78, 5) is 0. The Labute approximate surface area is 71.4 Å². The summed E-state index contributed by atoms with van der Waals surface area (Å²) in [5.74, 6) is 0.0607. The Bertz CT molecular complexity index is 317. The molecule has 12 heavy (non-hydrogen) atoms. The standard InChI is InChI=1S/C6H11N3O2S/c1-7-12(10,11)6-5-9-4-2-3-8-9/h2-4,7H,5-6H2,1H3. The smallest absolute Gasteiger partial charge is 0.213 e. The fourth-order valence-corrected chi connectivity index (χ4v) is 1.38. The second-order valence-electron chi connectivity index (χ2n) is 2.29. The number of rotatable bonds is 4. The molecule has 0 fully saturated rings. The van der Waals surface area contributed by atoms with Crippen molar-refractivity contribution in [2.45, 2.75) is 6.54 Å². The van der Waals surface area contributed by atoms with Crippen LogP contribution in [0.3, 0.4) is 0 Å². The number of nitrogens with zero attached hydrogens (tertiary/aromatic N) is 2. The van der Waals surface area contributed by atoms with E-state index in [-0.39, 0.29) is 5.75 Å². The molecule has 0 spiro atoms. The van der Waals surface area contributed by atoms with E-state index in [1.807, 2.05) is 0 Å². The predicted octanol–water partition coefficient (Wildman–Crippen LogP) is -0.568. The van der Waals surface area contributed by atoms with Crippen LogP contribution in [0.15, 0.2) is 18.5 Å². The summed E-state index contributed by atoms with van der Waals surface area (Å²) in [6.45, 7) is 0.385. The Hall–Kier alpha value is -0.880. The summed E-state index contributed by atoms with van der Waals surface area (Å²) in [6, 6.07) is 1.76. The molecular weight excluding hydrogens is 178 g/mol. The molecule has 0 aliphatic rings. The van der Waals surface area contributed by atoms with Gasteiger partial charge in [0, 0.05) is 12.4 Å². The Balaban J connectivity index is 2.47. The van der Waals surface area contributed by atoms with E-state index in [9.17, 15) is 8.42 Å². The summed E-state index contributed by atoms with van der Waals surface area (Å²) >= 11 is 0. The van der Waals surface area contributed by atoms with Crippen molar-refractivity contribution in [3.05, 3.63) is 18.5 Å². The summed E-state index contributed by atoms with van der Waals surface area (Å²) in [7, 11) is -1.71. The van der Waals surface area contributed by atoms with E-state index in [0.29, 0.717) is 6.54 Å². The van der Waals surface area contributed by atoms with Gasteiger partial charge < -0.3 is 0 Å². The maximum absolute atomic E-state index is 10.9. The lowest BCUT2D eigenvalue weighted by atomic mass is 10.7. The van der Waals surface area contributed by atoms with Crippen LogP contribution in [-0.4, -0.2) is 31.0 Å². The summed E-state index contributed by atoms with van der Waals surface area (Å²) < 4.78 is 25.7. The van der Waals surface area contributed by atoms with E-state index in [1.165, 1.54) is 7.05 Å². The first kappa shape index (κ1) is 9.21. The average molecular weight is 189 g/mol. The van der Waals surface area contributed by atoms with Crippen molar-refractivity contribution in [2.24, 2.45) is 0 Å². The number of aromatic nitrogens is 2. The van der Waals surface area contributed by atoms with Crippen molar-refractivity contribution >= 4 is 10.0 Å². The molecule has 1 aromatic rings. The molecule has 1 aromatic heterocycles. The number of hydrogen-bond acceptors (Lipinski definition) is 3. The minimum atomic E-state index is -3.11. The van der Waals surface area contributed by atoms with Crippen molar-refractivity contribution in [2.75, 3.05) is 12.8 Å². The molecule has 0 amide bonds. The first-order chi connectivity index (χ1) is 5.64. The molecule has 0 aliphatic carbocycles. The van der Waals surface area contributed by atoms with E-state index >= 15 is 0 Å². The SMILES string of the molecule is CNS(=O)(=O)CCn1cccn1. The molecule has 5 nitrogen and oxygen atoms in total. The van der Waals surface area contributed by atoms with Crippen LogP contribution < -0.4 is 4.72 Å². The van der Waals surface area contributed by atoms with Crippen LogP contribution in [-0.2, 0) is 16.6 Å². The van der Waals surface area contributed by atoms with Gasteiger partial charge in [0.25, 0.3) is 0 Å². The van der Waals surface area contributed by atoms with Crippen molar-refractivity contribution in [3.8, 4) is 0 Å². The van der Waals surface area contributed by atoms with Gasteiger partial charge in [0.1, 0.15) is 0 Å². The highest BCUT2D eigenvalue weighted by Crippen LogP contribution is 1.88. The quantitative estimate of drug-likeness (QED) is 0.690. The Kier molecular flexibility index (Phi) is 2.83. The van der Waals surface area contributed by atoms with E-state index in [1.54, 1.807) is 23.1 Å². The van der Waals surface area contributed by atoms with E-state index < -0.39 is 10.0 Å². The molecule has 0 saturated carbocycles. The second kappa shape index (κ2) is 3.68. The van der Waals surface area contributed by atoms with Crippen molar-refractivity contribution in [1.29, 1.82) is 0 Å². The molecule has 0 atom stereocenters. The Morgan fingerprint density at radius 3 is 2.83 bits per heavy atom. The first-order valence-electron chi connectivity index (χ1n) is 3.53. The molecule has 0 bridgehead atoms. The molecule has 1 rings (SSSR count). The Morgan fingerprint density at radius 2 is 2.33 bits per heavy atom. The zero-order valence-electron chi connectivity index (χ0n) is 6.77. The molecule has 0 aliphatic heterocycles. The monoisotopic (exact) mass is 189 g/mol. The molecule has 1 heterocycles. The van der Waals surface area contributed by atoms with Crippen LogP contribution in [0, 0.1) is 0 Å². The van der Waals surface area contributed by atoms with Gasteiger partial charge in [-0.05, 0) is 13.1 Å². The minimum Gasteiger partial charge on any atom is -0.272 e. The van der Waals surface area contributed by atoms with Gasteiger partial charge in [0.05, 0.1) is 12.3 Å². The topological polar surface area (TPSA) is 64.0 Å².